The standard InChI is InChI=1S/C12H17NO3/c1-9-5-4-6-11(12(9)15-3)13-7-8-16-10(2)14/h4-6,13H,7-8H2,1-3H3. The molecule has 1 aromatic rings. The largest absolute Gasteiger partial charge is 0.494 e. The van der Waals surface area contributed by atoms with E-state index >= 15 is 0 Å². The number of anilines is 1. The van der Waals surface area contributed by atoms with Crippen molar-refractivity contribution in [3.63, 3.8) is 0 Å². The summed E-state index contributed by atoms with van der Waals surface area (Å²) >= 11 is 0. The van der Waals surface area contributed by atoms with Gasteiger partial charge in [0.15, 0.2) is 0 Å². The minimum Gasteiger partial charge on any atom is -0.494 e. The molecular weight excluding hydrogens is 206 g/mol. The average molecular weight is 223 g/mol. The van der Waals surface area contributed by atoms with E-state index in [0.29, 0.717) is 13.2 Å². The summed E-state index contributed by atoms with van der Waals surface area (Å²) in [6, 6.07) is 5.86. The Hall–Kier alpha value is -1.71. The van der Waals surface area contributed by atoms with Crippen LogP contribution in [0.2, 0.25) is 0 Å². The van der Waals surface area contributed by atoms with Crippen molar-refractivity contribution in [2.24, 2.45) is 0 Å². The molecule has 0 radical (unpaired) electrons. The van der Waals surface area contributed by atoms with E-state index in [0.717, 1.165) is 17.0 Å². The molecule has 4 nitrogen and oxygen atoms in total. The number of hydrogen-bond donors (Lipinski definition) is 1. The fraction of sp³-hybridized carbons (Fsp3) is 0.417. The Morgan fingerprint density at radius 3 is 2.81 bits per heavy atom. The molecule has 0 saturated heterocycles. The molecule has 0 spiro atoms. The molecule has 4 heteroatoms. The Balaban J connectivity index is 2.53. The lowest BCUT2D eigenvalue weighted by Crippen LogP contribution is -2.12. The molecule has 0 aliphatic carbocycles. The van der Waals surface area contributed by atoms with Crippen LogP contribution in [0.1, 0.15) is 12.5 Å². The second-order valence-electron chi connectivity index (χ2n) is 3.42. The number of para-hydroxylation sites is 1. The van der Waals surface area contributed by atoms with Crippen molar-refractivity contribution in [2.75, 3.05) is 25.6 Å². The zero-order chi connectivity index (χ0) is 12.0. The highest BCUT2D eigenvalue weighted by atomic mass is 16.5. The van der Waals surface area contributed by atoms with Gasteiger partial charge in [0.05, 0.1) is 12.8 Å². The third kappa shape index (κ3) is 3.46. The topological polar surface area (TPSA) is 47.6 Å². The SMILES string of the molecule is COc1c(C)cccc1NCCOC(C)=O. The average Bonchev–Trinajstić information content (AvgIpc) is 2.24. The van der Waals surface area contributed by atoms with Gasteiger partial charge in [0, 0.05) is 13.5 Å². The van der Waals surface area contributed by atoms with E-state index in [1.807, 2.05) is 25.1 Å². The summed E-state index contributed by atoms with van der Waals surface area (Å²) in [7, 11) is 1.64. The molecule has 0 aliphatic rings. The van der Waals surface area contributed by atoms with Crippen molar-refractivity contribution < 1.29 is 14.3 Å². The monoisotopic (exact) mass is 223 g/mol. The Morgan fingerprint density at radius 2 is 2.19 bits per heavy atom. The predicted octanol–water partition coefficient (Wildman–Crippen LogP) is 1.98. The van der Waals surface area contributed by atoms with Gasteiger partial charge in [-0.3, -0.25) is 4.79 Å². The van der Waals surface area contributed by atoms with E-state index < -0.39 is 0 Å². The minimum absolute atomic E-state index is 0.266. The van der Waals surface area contributed by atoms with Gasteiger partial charge < -0.3 is 14.8 Å². The third-order valence-electron chi connectivity index (χ3n) is 2.14. The van der Waals surface area contributed by atoms with Gasteiger partial charge in [0.1, 0.15) is 12.4 Å². The second kappa shape index (κ2) is 6.00. The number of nitrogens with one attached hydrogen (secondary N) is 1. The maximum Gasteiger partial charge on any atom is 0.302 e. The molecule has 0 unspecified atom stereocenters. The van der Waals surface area contributed by atoms with E-state index in [-0.39, 0.29) is 5.97 Å². The number of carbonyl (C=O) groups is 1. The molecule has 0 aromatic heterocycles. The lowest BCUT2D eigenvalue weighted by Gasteiger charge is -2.12. The Morgan fingerprint density at radius 1 is 1.44 bits per heavy atom. The van der Waals surface area contributed by atoms with Crippen LogP contribution in [0.25, 0.3) is 0 Å². The van der Waals surface area contributed by atoms with E-state index in [2.05, 4.69) is 5.32 Å². The van der Waals surface area contributed by atoms with Crippen molar-refractivity contribution in [3.8, 4) is 5.75 Å². The number of esters is 1. The molecule has 1 aromatic carbocycles. The van der Waals surface area contributed by atoms with Crippen LogP contribution in [-0.4, -0.2) is 26.2 Å². The zero-order valence-corrected chi connectivity index (χ0v) is 9.87. The number of rotatable bonds is 5. The first kappa shape index (κ1) is 12.4. The predicted molar refractivity (Wildman–Crippen MR) is 62.9 cm³/mol. The van der Waals surface area contributed by atoms with Crippen LogP contribution < -0.4 is 10.1 Å². The van der Waals surface area contributed by atoms with Crippen LogP contribution in [0.3, 0.4) is 0 Å². The summed E-state index contributed by atoms with van der Waals surface area (Å²) in [6.07, 6.45) is 0. The maximum atomic E-state index is 10.6. The van der Waals surface area contributed by atoms with Gasteiger partial charge in [-0.15, -0.1) is 0 Å². The van der Waals surface area contributed by atoms with Gasteiger partial charge in [0.2, 0.25) is 0 Å². The summed E-state index contributed by atoms with van der Waals surface area (Å²) in [5.41, 5.74) is 1.98. The highest BCUT2D eigenvalue weighted by molar-refractivity contribution is 5.66. The number of ether oxygens (including phenoxy) is 2. The molecule has 1 N–H and O–H groups in total. The molecule has 0 atom stereocenters. The van der Waals surface area contributed by atoms with Crippen molar-refractivity contribution in [1.29, 1.82) is 0 Å². The summed E-state index contributed by atoms with van der Waals surface area (Å²) in [5, 5.41) is 3.16. The van der Waals surface area contributed by atoms with Gasteiger partial charge in [-0.2, -0.15) is 0 Å². The third-order valence-corrected chi connectivity index (χ3v) is 2.14. The van der Waals surface area contributed by atoms with Crippen LogP contribution in [-0.2, 0) is 9.53 Å². The first-order chi connectivity index (χ1) is 7.65. The molecule has 0 fully saturated rings. The van der Waals surface area contributed by atoms with Crippen LogP contribution in [0.5, 0.6) is 5.75 Å². The first-order valence-electron chi connectivity index (χ1n) is 5.16. The summed E-state index contributed by atoms with van der Waals surface area (Å²) < 4.78 is 10.1. The smallest absolute Gasteiger partial charge is 0.302 e. The van der Waals surface area contributed by atoms with Crippen LogP contribution >= 0.6 is 0 Å². The number of benzene rings is 1. The molecule has 1 rings (SSSR count). The highest BCUT2D eigenvalue weighted by Crippen LogP contribution is 2.27. The molecule has 0 saturated carbocycles. The van der Waals surface area contributed by atoms with E-state index in [1.165, 1.54) is 6.92 Å². The lowest BCUT2D eigenvalue weighted by atomic mass is 10.2. The lowest BCUT2D eigenvalue weighted by molar-refractivity contribution is -0.140. The molecule has 88 valence electrons. The fourth-order valence-corrected chi connectivity index (χ4v) is 1.44. The second-order valence-corrected chi connectivity index (χ2v) is 3.42. The van der Waals surface area contributed by atoms with Gasteiger partial charge in [-0.1, -0.05) is 12.1 Å². The van der Waals surface area contributed by atoms with Crippen molar-refractivity contribution in [3.05, 3.63) is 23.8 Å². The van der Waals surface area contributed by atoms with Gasteiger partial charge in [-0.25, -0.2) is 0 Å². The van der Waals surface area contributed by atoms with E-state index in [9.17, 15) is 4.79 Å². The normalized spacial score (nSPS) is 9.69. The summed E-state index contributed by atoms with van der Waals surface area (Å²) in [4.78, 5) is 10.6. The van der Waals surface area contributed by atoms with Crippen molar-refractivity contribution >= 4 is 11.7 Å². The van der Waals surface area contributed by atoms with Gasteiger partial charge in [0.25, 0.3) is 0 Å². The van der Waals surface area contributed by atoms with Crippen molar-refractivity contribution in [2.45, 2.75) is 13.8 Å². The number of carbonyl (C=O) groups excluding carboxylic acids is 1. The first-order valence-corrected chi connectivity index (χ1v) is 5.16. The molecule has 0 bridgehead atoms. The number of aryl methyl sites for hydroxylation is 1. The Kier molecular flexibility index (Phi) is 4.64. The van der Waals surface area contributed by atoms with Gasteiger partial charge >= 0.3 is 5.97 Å². The van der Waals surface area contributed by atoms with E-state index in [1.54, 1.807) is 7.11 Å². The molecule has 16 heavy (non-hydrogen) atoms. The van der Waals surface area contributed by atoms with E-state index in [4.69, 9.17) is 9.47 Å². The maximum absolute atomic E-state index is 10.6. The highest BCUT2D eigenvalue weighted by Gasteiger charge is 2.04. The van der Waals surface area contributed by atoms with Gasteiger partial charge in [-0.05, 0) is 18.6 Å². The molecule has 0 aliphatic heterocycles. The Labute approximate surface area is 95.6 Å². The van der Waals surface area contributed by atoms with Crippen LogP contribution in [0, 0.1) is 6.92 Å². The zero-order valence-electron chi connectivity index (χ0n) is 9.87. The quantitative estimate of drug-likeness (QED) is 0.612. The summed E-state index contributed by atoms with van der Waals surface area (Å²) in [6.45, 7) is 4.30. The molecule has 0 amide bonds. The minimum atomic E-state index is -0.266. The Bertz CT molecular complexity index is 363. The van der Waals surface area contributed by atoms with Crippen LogP contribution in [0.15, 0.2) is 18.2 Å². The molecular formula is C12H17NO3. The van der Waals surface area contributed by atoms with Crippen molar-refractivity contribution in [1.82, 2.24) is 0 Å². The number of hydrogen-bond acceptors (Lipinski definition) is 4. The fourth-order valence-electron chi connectivity index (χ4n) is 1.44. The van der Waals surface area contributed by atoms with Crippen LogP contribution in [0.4, 0.5) is 5.69 Å². The summed E-state index contributed by atoms with van der Waals surface area (Å²) in [5.74, 6) is 0.559. The molecule has 0 heterocycles. The number of methoxy groups -OCH3 is 1.